The van der Waals surface area contributed by atoms with E-state index in [4.69, 9.17) is 5.73 Å². The first-order valence-corrected chi connectivity index (χ1v) is 11.0. The third-order valence-corrected chi connectivity index (χ3v) is 7.00. The standard InChI is InChI=1S/C18H26N4O4S/c19-8-14-9-22(10-16(14)13-4-2-1-3-5-13)11-17(23)21-18(24)20-15-6-7-27(25,26)12-15/h1-5,14-16H,6-12,19H2,(H2,20,21,23,24)/t14-,15?,16+/m1/s1. The van der Waals surface area contributed by atoms with Gasteiger partial charge in [0.25, 0.3) is 0 Å². The fraction of sp³-hybridized carbons (Fsp3) is 0.556. The molecule has 9 heteroatoms. The highest BCUT2D eigenvalue weighted by atomic mass is 32.2. The summed E-state index contributed by atoms with van der Waals surface area (Å²) in [5, 5.41) is 4.85. The summed E-state index contributed by atoms with van der Waals surface area (Å²) in [6.45, 7) is 2.05. The molecule has 0 aliphatic carbocycles. The van der Waals surface area contributed by atoms with Gasteiger partial charge < -0.3 is 11.1 Å². The van der Waals surface area contributed by atoms with E-state index in [1.54, 1.807) is 0 Å². The number of urea groups is 1. The number of benzene rings is 1. The van der Waals surface area contributed by atoms with Crippen LogP contribution in [0.25, 0.3) is 0 Å². The molecular weight excluding hydrogens is 368 g/mol. The molecular formula is C18H26N4O4S. The van der Waals surface area contributed by atoms with Crippen molar-refractivity contribution in [3.63, 3.8) is 0 Å². The third kappa shape index (κ3) is 5.27. The minimum Gasteiger partial charge on any atom is -0.334 e. The van der Waals surface area contributed by atoms with E-state index in [9.17, 15) is 18.0 Å². The zero-order valence-electron chi connectivity index (χ0n) is 15.1. The number of imide groups is 1. The van der Waals surface area contributed by atoms with Gasteiger partial charge in [0, 0.05) is 25.0 Å². The summed E-state index contributed by atoms with van der Waals surface area (Å²) in [5.74, 6) is 0.121. The van der Waals surface area contributed by atoms with E-state index in [1.165, 1.54) is 5.56 Å². The number of carbonyl (C=O) groups is 2. The minimum absolute atomic E-state index is 0.0705. The van der Waals surface area contributed by atoms with E-state index < -0.39 is 27.8 Å². The lowest BCUT2D eigenvalue weighted by Gasteiger charge is -2.17. The molecule has 2 heterocycles. The van der Waals surface area contributed by atoms with Crippen LogP contribution in [0.5, 0.6) is 0 Å². The Morgan fingerprint density at radius 1 is 1.19 bits per heavy atom. The zero-order valence-corrected chi connectivity index (χ0v) is 16.0. The number of rotatable bonds is 5. The van der Waals surface area contributed by atoms with Crippen molar-refractivity contribution in [2.45, 2.75) is 18.4 Å². The SMILES string of the molecule is NC[C@@H]1CN(CC(=O)NC(=O)NC2CCS(=O)(=O)C2)C[C@H]1c1ccccc1. The highest BCUT2D eigenvalue weighted by Crippen LogP contribution is 2.31. The molecule has 1 unspecified atom stereocenters. The Morgan fingerprint density at radius 2 is 1.93 bits per heavy atom. The van der Waals surface area contributed by atoms with Crippen molar-refractivity contribution in [2.75, 3.05) is 37.7 Å². The van der Waals surface area contributed by atoms with Crippen molar-refractivity contribution in [1.82, 2.24) is 15.5 Å². The predicted octanol–water partition coefficient (Wildman–Crippen LogP) is -0.326. The van der Waals surface area contributed by atoms with E-state index in [1.807, 2.05) is 23.1 Å². The van der Waals surface area contributed by atoms with E-state index >= 15 is 0 Å². The van der Waals surface area contributed by atoms with Crippen LogP contribution in [0.15, 0.2) is 30.3 Å². The number of likely N-dealkylation sites (tertiary alicyclic amines) is 1. The molecule has 148 valence electrons. The molecule has 0 saturated carbocycles. The molecule has 0 radical (unpaired) electrons. The quantitative estimate of drug-likeness (QED) is 0.629. The van der Waals surface area contributed by atoms with Crippen LogP contribution in [0.1, 0.15) is 17.9 Å². The van der Waals surface area contributed by atoms with Crippen molar-refractivity contribution < 1.29 is 18.0 Å². The Bertz CT molecular complexity index is 784. The maximum atomic E-state index is 12.2. The van der Waals surface area contributed by atoms with Gasteiger partial charge in [0.05, 0.1) is 18.1 Å². The van der Waals surface area contributed by atoms with Gasteiger partial charge >= 0.3 is 6.03 Å². The molecule has 8 nitrogen and oxygen atoms in total. The van der Waals surface area contributed by atoms with Gasteiger partial charge in [0.1, 0.15) is 0 Å². The molecule has 0 aromatic heterocycles. The van der Waals surface area contributed by atoms with Gasteiger partial charge in [0.15, 0.2) is 9.84 Å². The number of nitrogens with one attached hydrogen (secondary N) is 2. The molecule has 2 saturated heterocycles. The summed E-state index contributed by atoms with van der Waals surface area (Å²) in [6, 6.07) is 9.02. The molecule has 2 aliphatic heterocycles. The number of sulfone groups is 1. The fourth-order valence-electron chi connectivity index (χ4n) is 3.91. The van der Waals surface area contributed by atoms with Crippen LogP contribution in [0, 0.1) is 5.92 Å². The summed E-state index contributed by atoms with van der Waals surface area (Å²) < 4.78 is 22.9. The third-order valence-electron chi connectivity index (χ3n) is 5.23. The first-order valence-electron chi connectivity index (χ1n) is 9.14. The Balaban J connectivity index is 1.48. The summed E-state index contributed by atoms with van der Waals surface area (Å²) >= 11 is 0. The summed E-state index contributed by atoms with van der Waals surface area (Å²) in [6.07, 6.45) is 0.382. The van der Waals surface area contributed by atoms with Gasteiger partial charge in [-0.2, -0.15) is 0 Å². The van der Waals surface area contributed by atoms with Crippen molar-refractivity contribution >= 4 is 21.8 Å². The average Bonchev–Trinajstić information content (AvgIpc) is 3.17. The van der Waals surface area contributed by atoms with E-state index in [-0.39, 0.29) is 29.9 Å². The van der Waals surface area contributed by atoms with Gasteiger partial charge in [-0.1, -0.05) is 30.3 Å². The molecule has 1 aromatic carbocycles. The Kier molecular flexibility index (Phi) is 6.13. The van der Waals surface area contributed by atoms with Gasteiger partial charge in [-0.15, -0.1) is 0 Å². The second-order valence-corrected chi connectivity index (χ2v) is 9.56. The van der Waals surface area contributed by atoms with Crippen LogP contribution in [-0.2, 0) is 14.6 Å². The maximum Gasteiger partial charge on any atom is 0.321 e. The average molecular weight is 394 g/mol. The number of hydrogen-bond donors (Lipinski definition) is 3. The highest BCUT2D eigenvalue weighted by Gasteiger charge is 2.34. The maximum absolute atomic E-state index is 12.2. The minimum atomic E-state index is -3.08. The largest absolute Gasteiger partial charge is 0.334 e. The second kappa shape index (κ2) is 8.37. The number of nitrogens with two attached hydrogens (primary N) is 1. The monoisotopic (exact) mass is 394 g/mol. The normalized spacial score (nSPS) is 27.4. The molecule has 3 amide bonds. The van der Waals surface area contributed by atoms with Crippen LogP contribution in [0.4, 0.5) is 4.79 Å². The van der Waals surface area contributed by atoms with Crippen LogP contribution < -0.4 is 16.4 Å². The van der Waals surface area contributed by atoms with Gasteiger partial charge in [-0.3, -0.25) is 15.0 Å². The predicted molar refractivity (Wildman–Crippen MR) is 102 cm³/mol. The molecule has 2 aliphatic rings. The number of carbonyl (C=O) groups excluding carboxylic acids is 2. The molecule has 3 atom stereocenters. The van der Waals surface area contributed by atoms with Crippen molar-refractivity contribution in [1.29, 1.82) is 0 Å². The van der Waals surface area contributed by atoms with E-state index in [0.717, 1.165) is 0 Å². The lowest BCUT2D eigenvalue weighted by Crippen LogP contribution is -2.47. The van der Waals surface area contributed by atoms with E-state index in [0.29, 0.717) is 26.1 Å². The van der Waals surface area contributed by atoms with Gasteiger partial charge in [0.2, 0.25) is 5.91 Å². The van der Waals surface area contributed by atoms with Crippen LogP contribution in [-0.4, -0.2) is 69.0 Å². The molecule has 1 aromatic rings. The van der Waals surface area contributed by atoms with Gasteiger partial charge in [-0.05, 0) is 24.4 Å². The fourth-order valence-corrected chi connectivity index (χ4v) is 5.58. The Hall–Kier alpha value is -1.97. The molecule has 27 heavy (non-hydrogen) atoms. The Labute approximate surface area is 159 Å². The van der Waals surface area contributed by atoms with Crippen LogP contribution in [0.2, 0.25) is 0 Å². The Morgan fingerprint density at radius 3 is 2.56 bits per heavy atom. The van der Waals surface area contributed by atoms with Gasteiger partial charge in [-0.25, -0.2) is 13.2 Å². The number of nitrogens with zero attached hydrogens (tertiary/aromatic N) is 1. The molecule has 0 bridgehead atoms. The molecule has 2 fully saturated rings. The van der Waals surface area contributed by atoms with Crippen LogP contribution in [0.3, 0.4) is 0 Å². The smallest absolute Gasteiger partial charge is 0.321 e. The lowest BCUT2D eigenvalue weighted by molar-refractivity contribution is -0.120. The van der Waals surface area contributed by atoms with E-state index in [2.05, 4.69) is 22.8 Å². The second-order valence-electron chi connectivity index (χ2n) is 7.33. The summed E-state index contributed by atoms with van der Waals surface area (Å²) in [4.78, 5) is 26.1. The number of hydrogen-bond acceptors (Lipinski definition) is 6. The first-order chi connectivity index (χ1) is 12.9. The summed E-state index contributed by atoms with van der Waals surface area (Å²) in [7, 11) is -3.08. The topological polar surface area (TPSA) is 122 Å². The summed E-state index contributed by atoms with van der Waals surface area (Å²) in [5.41, 5.74) is 7.11. The van der Waals surface area contributed by atoms with Crippen molar-refractivity contribution in [3.05, 3.63) is 35.9 Å². The highest BCUT2D eigenvalue weighted by molar-refractivity contribution is 7.91. The molecule has 0 spiro atoms. The molecule has 3 rings (SSSR count). The lowest BCUT2D eigenvalue weighted by atomic mass is 9.89. The van der Waals surface area contributed by atoms with Crippen molar-refractivity contribution in [2.24, 2.45) is 11.7 Å². The first kappa shape index (κ1) is 19.8. The zero-order chi connectivity index (χ0) is 19.4. The molecule has 4 N–H and O–H groups in total. The van der Waals surface area contributed by atoms with Crippen LogP contribution >= 0.6 is 0 Å². The number of amides is 3. The van der Waals surface area contributed by atoms with Crippen molar-refractivity contribution in [3.8, 4) is 0 Å².